The average Bonchev–Trinajstić information content (AvgIpc) is 3.56. The Bertz CT molecular complexity index is 779. The predicted molar refractivity (Wildman–Crippen MR) is 118 cm³/mol. The monoisotopic (exact) mass is 447 g/mol. The van der Waals surface area contributed by atoms with Gasteiger partial charge >= 0.3 is 6.09 Å². The van der Waals surface area contributed by atoms with Gasteiger partial charge in [0.15, 0.2) is 0 Å². The Labute approximate surface area is 188 Å². The Kier molecular flexibility index (Phi) is 10.1. The van der Waals surface area contributed by atoms with Gasteiger partial charge in [-0.3, -0.25) is 14.4 Å². The Morgan fingerprint density at radius 3 is 2.28 bits per heavy atom. The molecule has 32 heavy (non-hydrogen) atoms. The highest BCUT2D eigenvalue weighted by Crippen LogP contribution is 2.18. The SMILES string of the molecule is COCCOC(=O)NC(CC(C)C)C(=O)N[C@@H](Cc1ccccc1)C(=O)C(=O)NC1CC1. The predicted octanol–water partition coefficient (Wildman–Crippen LogP) is 1.35. The van der Waals surface area contributed by atoms with E-state index in [1.165, 1.54) is 7.11 Å². The van der Waals surface area contributed by atoms with E-state index >= 15 is 0 Å². The molecule has 1 unspecified atom stereocenters. The number of ketones is 1. The topological polar surface area (TPSA) is 123 Å². The van der Waals surface area contributed by atoms with E-state index in [0.29, 0.717) is 6.42 Å². The van der Waals surface area contributed by atoms with E-state index in [-0.39, 0.29) is 31.6 Å². The first-order chi connectivity index (χ1) is 15.3. The molecule has 1 aliphatic carbocycles. The Balaban J connectivity index is 2.09. The highest BCUT2D eigenvalue weighted by atomic mass is 16.6. The van der Waals surface area contributed by atoms with Crippen molar-refractivity contribution in [1.82, 2.24) is 16.0 Å². The van der Waals surface area contributed by atoms with E-state index in [1.54, 1.807) is 0 Å². The van der Waals surface area contributed by atoms with Crippen LogP contribution >= 0.6 is 0 Å². The summed E-state index contributed by atoms with van der Waals surface area (Å²) in [4.78, 5) is 50.3. The van der Waals surface area contributed by atoms with Gasteiger partial charge in [0.05, 0.1) is 6.61 Å². The smallest absolute Gasteiger partial charge is 0.407 e. The fourth-order valence-corrected chi connectivity index (χ4v) is 3.08. The van der Waals surface area contributed by atoms with Crippen molar-refractivity contribution in [1.29, 1.82) is 0 Å². The van der Waals surface area contributed by atoms with Crippen molar-refractivity contribution in [3.63, 3.8) is 0 Å². The summed E-state index contributed by atoms with van der Waals surface area (Å²) in [6.45, 7) is 4.11. The van der Waals surface area contributed by atoms with Crippen molar-refractivity contribution in [3.05, 3.63) is 35.9 Å². The van der Waals surface area contributed by atoms with Crippen LogP contribution in [0.5, 0.6) is 0 Å². The molecule has 0 heterocycles. The molecule has 9 heteroatoms. The summed E-state index contributed by atoms with van der Waals surface area (Å²) in [6.07, 6.45) is 1.45. The fraction of sp³-hybridized carbons (Fsp3) is 0.565. The van der Waals surface area contributed by atoms with Crippen LogP contribution in [0.1, 0.15) is 38.7 Å². The van der Waals surface area contributed by atoms with Crippen LogP contribution in [0.4, 0.5) is 4.79 Å². The Morgan fingerprint density at radius 1 is 1.00 bits per heavy atom. The van der Waals surface area contributed by atoms with Crippen molar-refractivity contribution >= 4 is 23.7 Å². The van der Waals surface area contributed by atoms with Crippen LogP contribution in [0.3, 0.4) is 0 Å². The van der Waals surface area contributed by atoms with Crippen LogP contribution in [0.2, 0.25) is 0 Å². The van der Waals surface area contributed by atoms with E-state index in [0.717, 1.165) is 18.4 Å². The van der Waals surface area contributed by atoms with Gasteiger partial charge in [-0.2, -0.15) is 0 Å². The first-order valence-electron chi connectivity index (χ1n) is 10.9. The first kappa shape index (κ1) is 25.3. The fourth-order valence-electron chi connectivity index (χ4n) is 3.08. The van der Waals surface area contributed by atoms with Gasteiger partial charge in [-0.1, -0.05) is 44.2 Å². The van der Waals surface area contributed by atoms with Crippen LogP contribution in [0.15, 0.2) is 30.3 Å². The second-order valence-electron chi connectivity index (χ2n) is 8.32. The molecule has 0 aliphatic heterocycles. The maximum Gasteiger partial charge on any atom is 0.407 e. The zero-order valence-electron chi connectivity index (χ0n) is 18.9. The highest BCUT2D eigenvalue weighted by Gasteiger charge is 2.33. The van der Waals surface area contributed by atoms with E-state index in [2.05, 4.69) is 16.0 Å². The highest BCUT2D eigenvalue weighted by molar-refractivity contribution is 6.38. The first-order valence-corrected chi connectivity index (χ1v) is 10.9. The van der Waals surface area contributed by atoms with Crippen molar-refractivity contribution in [2.24, 2.45) is 5.92 Å². The molecule has 2 atom stereocenters. The standard InChI is InChI=1S/C23H33N3O6/c1-15(2)13-19(26-23(30)32-12-11-31-3)21(28)25-18(14-16-7-5-4-6-8-16)20(27)22(29)24-17-9-10-17/h4-8,15,17-19H,9-14H2,1-3H3,(H,24,29)(H,25,28)(H,26,30)/t18-,19?/m0/s1. The molecule has 0 aromatic heterocycles. The molecule has 1 aliphatic rings. The average molecular weight is 448 g/mol. The lowest BCUT2D eigenvalue weighted by molar-refractivity contribution is -0.140. The number of methoxy groups -OCH3 is 1. The van der Waals surface area contributed by atoms with Gasteiger partial charge in [-0.15, -0.1) is 0 Å². The number of amides is 3. The summed E-state index contributed by atoms with van der Waals surface area (Å²) in [6, 6.07) is 7.19. The largest absolute Gasteiger partial charge is 0.447 e. The number of carbonyl (C=O) groups is 4. The van der Waals surface area contributed by atoms with Gasteiger partial charge in [0, 0.05) is 19.6 Å². The minimum atomic E-state index is -1.05. The van der Waals surface area contributed by atoms with Crippen molar-refractivity contribution in [2.75, 3.05) is 20.3 Å². The summed E-state index contributed by atoms with van der Waals surface area (Å²) in [5.74, 6) is -1.87. The number of hydrogen-bond donors (Lipinski definition) is 3. The van der Waals surface area contributed by atoms with Crippen LogP contribution in [-0.2, 0) is 30.3 Å². The Morgan fingerprint density at radius 2 is 1.69 bits per heavy atom. The number of alkyl carbamates (subject to hydrolysis) is 1. The second kappa shape index (κ2) is 12.8. The van der Waals surface area contributed by atoms with E-state index in [9.17, 15) is 19.2 Å². The second-order valence-corrected chi connectivity index (χ2v) is 8.32. The molecular formula is C23H33N3O6. The summed E-state index contributed by atoms with van der Waals surface area (Å²) in [7, 11) is 1.49. The van der Waals surface area contributed by atoms with Crippen molar-refractivity contribution < 1.29 is 28.7 Å². The van der Waals surface area contributed by atoms with Gasteiger partial charge in [-0.25, -0.2) is 4.79 Å². The molecule has 0 bridgehead atoms. The summed E-state index contributed by atoms with van der Waals surface area (Å²) in [5, 5.41) is 7.89. The summed E-state index contributed by atoms with van der Waals surface area (Å²) < 4.78 is 9.83. The molecule has 3 N–H and O–H groups in total. The zero-order valence-corrected chi connectivity index (χ0v) is 18.9. The van der Waals surface area contributed by atoms with Crippen molar-refractivity contribution in [2.45, 2.75) is 57.7 Å². The maximum atomic E-state index is 13.0. The third-order valence-electron chi connectivity index (χ3n) is 4.89. The molecule has 2 rings (SSSR count). The number of benzene rings is 1. The molecule has 0 spiro atoms. The molecular weight excluding hydrogens is 414 g/mol. The molecule has 1 saturated carbocycles. The third kappa shape index (κ3) is 9.05. The molecule has 1 fully saturated rings. The molecule has 0 saturated heterocycles. The number of ether oxygens (including phenoxy) is 2. The molecule has 1 aromatic rings. The molecule has 1 aromatic carbocycles. The van der Waals surface area contributed by atoms with Crippen LogP contribution in [-0.4, -0.2) is 62.1 Å². The van der Waals surface area contributed by atoms with Crippen molar-refractivity contribution in [3.8, 4) is 0 Å². The van der Waals surface area contributed by atoms with E-state index in [1.807, 2.05) is 44.2 Å². The minimum absolute atomic E-state index is 0.0248. The van der Waals surface area contributed by atoms with E-state index in [4.69, 9.17) is 9.47 Å². The summed E-state index contributed by atoms with van der Waals surface area (Å²) >= 11 is 0. The van der Waals surface area contributed by atoms with Gasteiger partial charge < -0.3 is 25.4 Å². The number of carbonyl (C=O) groups excluding carboxylic acids is 4. The lowest BCUT2D eigenvalue weighted by Crippen LogP contribution is -2.55. The number of rotatable bonds is 13. The van der Waals surface area contributed by atoms with Gasteiger partial charge in [0.2, 0.25) is 11.7 Å². The van der Waals surface area contributed by atoms with Crippen LogP contribution in [0.25, 0.3) is 0 Å². The van der Waals surface area contributed by atoms with Gasteiger partial charge in [0.1, 0.15) is 18.7 Å². The van der Waals surface area contributed by atoms with Crippen LogP contribution in [0, 0.1) is 5.92 Å². The molecule has 9 nitrogen and oxygen atoms in total. The Hall–Kier alpha value is -2.94. The third-order valence-corrected chi connectivity index (χ3v) is 4.89. The molecule has 3 amide bonds. The maximum absolute atomic E-state index is 13.0. The van der Waals surface area contributed by atoms with Crippen LogP contribution < -0.4 is 16.0 Å². The number of Topliss-reactive ketones (excluding diaryl/α,β-unsaturated/α-hetero) is 1. The quantitative estimate of drug-likeness (QED) is 0.310. The van der Waals surface area contributed by atoms with E-state index < -0.39 is 35.8 Å². The van der Waals surface area contributed by atoms with Gasteiger partial charge in [0.25, 0.3) is 5.91 Å². The number of nitrogens with one attached hydrogen (secondary N) is 3. The molecule has 0 radical (unpaired) electrons. The normalized spacial score (nSPS) is 14.9. The summed E-state index contributed by atoms with van der Waals surface area (Å²) in [5.41, 5.74) is 0.803. The van der Waals surface area contributed by atoms with Gasteiger partial charge in [-0.05, 0) is 30.7 Å². The lowest BCUT2D eigenvalue weighted by Gasteiger charge is -2.23. The minimum Gasteiger partial charge on any atom is -0.447 e. The lowest BCUT2D eigenvalue weighted by atomic mass is 9.99. The number of hydrogen-bond acceptors (Lipinski definition) is 6. The molecule has 176 valence electrons. The zero-order chi connectivity index (χ0) is 23.5.